The third-order valence-electron chi connectivity index (χ3n) is 4.33. The maximum absolute atomic E-state index is 12.8. The molecular weight excluding hydrogens is 348 g/mol. The molecule has 1 aliphatic rings. The number of hydrogen-bond donors (Lipinski definition) is 1. The molecule has 1 unspecified atom stereocenters. The van der Waals surface area contributed by atoms with E-state index in [1.807, 2.05) is 0 Å². The minimum Gasteiger partial charge on any atom is -0.462 e. The van der Waals surface area contributed by atoms with Crippen molar-refractivity contribution in [1.82, 2.24) is 4.98 Å². The van der Waals surface area contributed by atoms with E-state index in [0.29, 0.717) is 16.7 Å². The molecule has 27 heavy (non-hydrogen) atoms. The Morgan fingerprint density at radius 3 is 2.74 bits per heavy atom. The monoisotopic (exact) mass is 364 g/mol. The van der Waals surface area contributed by atoms with Gasteiger partial charge in [-0.25, -0.2) is 9.59 Å². The lowest BCUT2D eigenvalue weighted by molar-refractivity contribution is -0.139. The molecule has 0 radical (unpaired) electrons. The van der Waals surface area contributed by atoms with Gasteiger partial charge in [0.05, 0.1) is 29.2 Å². The summed E-state index contributed by atoms with van der Waals surface area (Å²) in [6, 6.07) is 12.2. The Hall–Kier alpha value is -3.61. The third-order valence-corrected chi connectivity index (χ3v) is 4.33. The lowest BCUT2D eigenvalue weighted by Crippen LogP contribution is -2.31. The van der Waals surface area contributed by atoms with Gasteiger partial charge in [0.2, 0.25) is 5.88 Å². The van der Waals surface area contributed by atoms with Gasteiger partial charge in [0.25, 0.3) is 0 Å². The van der Waals surface area contributed by atoms with Crippen molar-refractivity contribution in [1.29, 1.82) is 0 Å². The standard InChI is InChI=1S/C20H16N2O5/c1-2-25-19(23)16-14(12-8-5-6-10-22-12)15-17(27-18(16)21)11-7-3-4-9-13(11)26-20(15)24/h3-10,14H,2,21H2,1H3. The van der Waals surface area contributed by atoms with Gasteiger partial charge in [0.15, 0.2) is 5.75 Å². The van der Waals surface area contributed by atoms with Crippen LogP contribution in [0.3, 0.4) is 0 Å². The Morgan fingerprint density at radius 1 is 1.22 bits per heavy atom. The molecule has 0 saturated heterocycles. The van der Waals surface area contributed by atoms with Crippen LogP contribution < -0.4 is 16.1 Å². The predicted molar refractivity (Wildman–Crippen MR) is 97.0 cm³/mol. The maximum atomic E-state index is 12.8. The molecule has 0 aliphatic carbocycles. The van der Waals surface area contributed by atoms with Crippen molar-refractivity contribution in [2.45, 2.75) is 12.8 Å². The molecule has 2 N–H and O–H groups in total. The van der Waals surface area contributed by atoms with Gasteiger partial charge in [0, 0.05) is 6.20 Å². The van der Waals surface area contributed by atoms with Crippen molar-refractivity contribution in [3.8, 4) is 5.75 Å². The van der Waals surface area contributed by atoms with Gasteiger partial charge in [-0.15, -0.1) is 0 Å². The number of hydrogen-bond acceptors (Lipinski definition) is 7. The van der Waals surface area contributed by atoms with E-state index in [2.05, 4.69) is 4.98 Å². The molecule has 1 atom stereocenters. The van der Waals surface area contributed by atoms with Gasteiger partial charge in [-0.1, -0.05) is 18.2 Å². The average molecular weight is 364 g/mol. The van der Waals surface area contributed by atoms with Gasteiger partial charge in [-0.3, -0.25) is 4.98 Å². The van der Waals surface area contributed by atoms with Gasteiger partial charge in [-0.2, -0.15) is 0 Å². The summed E-state index contributed by atoms with van der Waals surface area (Å²) < 4.78 is 16.3. The number of rotatable bonds is 3. The summed E-state index contributed by atoms with van der Waals surface area (Å²) in [5, 5.41) is 0.582. The van der Waals surface area contributed by atoms with Crippen molar-refractivity contribution in [3.05, 3.63) is 81.8 Å². The second-order valence-electron chi connectivity index (χ2n) is 5.92. The number of pyridine rings is 1. The quantitative estimate of drug-likeness (QED) is 0.562. The van der Waals surface area contributed by atoms with Crippen LogP contribution in [-0.2, 0) is 9.53 Å². The molecule has 0 fully saturated rings. The first kappa shape index (κ1) is 16.8. The summed E-state index contributed by atoms with van der Waals surface area (Å²) in [5.41, 5.74) is 6.51. The minimum atomic E-state index is -0.852. The molecule has 1 aromatic carbocycles. The van der Waals surface area contributed by atoms with E-state index in [1.165, 1.54) is 0 Å². The predicted octanol–water partition coefficient (Wildman–Crippen LogP) is 2.45. The van der Waals surface area contributed by atoms with Crippen LogP contribution in [0, 0.1) is 0 Å². The summed E-state index contributed by atoms with van der Waals surface area (Å²) in [6.45, 7) is 1.84. The Kier molecular flexibility index (Phi) is 4.12. The SMILES string of the molecule is CCOC(=O)C1=C(N)Oc2c(c(=O)oc3ccccc23)C1c1ccccn1. The number of aromatic nitrogens is 1. The van der Waals surface area contributed by atoms with Crippen molar-refractivity contribution < 1.29 is 18.7 Å². The summed E-state index contributed by atoms with van der Waals surface area (Å²) >= 11 is 0. The van der Waals surface area contributed by atoms with Gasteiger partial charge in [-0.05, 0) is 31.2 Å². The van der Waals surface area contributed by atoms with E-state index < -0.39 is 17.5 Å². The molecule has 0 amide bonds. The number of carbonyl (C=O) groups is 1. The van der Waals surface area contributed by atoms with Crippen molar-refractivity contribution in [2.24, 2.45) is 5.73 Å². The smallest absolute Gasteiger partial charge is 0.344 e. The highest BCUT2D eigenvalue weighted by molar-refractivity contribution is 5.94. The minimum absolute atomic E-state index is 0.0330. The second-order valence-corrected chi connectivity index (χ2v) is 5.92. The number of carbonyl (C=O) groups excluding carboxylic acids is 1. The molecule has 1 aliphatic heterocycles. The van der Waals surface area contributed by atoms with Crippen molar-refractivity contribution >= 4 is 16.9 Å². The molecule has 2 aromatic heterocycles. The fourth-order valence-corrected chi connectivity index (χ4v) is 3.22. The van der Waals surface area contributed by atoms with Crippen LogP contribution in [-0.4, -0.2) is 17.6 Å². The summed E-state index contributed by atoms with van der Waals surface area (Å²) in [7, 11) is 0. The zero-order valence-corrected chi connectivity index (χ0v) is 14.5. The van der Waals surface area contributed by atoms with E-state index >= 15 is 0 Å². The summed E-state index contributed by atoms with van der Waals surface area (Å²) in [5.74, 6) is -1.37. The Morgan fingerprint density at radius 2 is 2.00 bits per heavy atom. The van der Waals surface area contributed by atoms with E-state index in [4.69, 9.17) is 19.6 Å². The molecular formula is C20H16N2O5. The Bertz CT molecular complexity index is 1120. The molecule has 0 bridgehead atoms. The molecule has 7 heteroatoms. The summed E-state index contributed by atoms with van der Waals surface area (Å²) in [6.07, 6.45) is 1.58. The molecule has 136 valence electrons. The number of nitrogens with zero attached hydrogens (tertiary/aromatic N) is 1. The number of esters is 1. The third kappa shape index (κ3) is 2.73. The van der Waals surface area contributed by atoms with E-state index in [1.54, 1.807) is 55.6 Å². The zero-order chi connectivity index (χ0) is 19.0. The van der Waals surface area contributed by atoms with E-state index in [0.717, 1.165) is 0 Å². The van der Waals surface area contributed by atoms with Crippen LogP contribution in [0.15, 0.2) is 69.3 Å². The highest BCUT2D eigenvalue weighted by atomic mass is 16.5. The van der Waals surface area contributed by atoms with E-state index in [-0.39, 0.29) is 29.4 Å². The molecule has 0 spiro atoms. The average Bonchev–Trinajstić information content (AvgIpc) is 2.68. The van der Waals surface area contributed by atoms with Crippen LogP contribution in [0.1, 0.15) is 24.1 Å². The molecule has 4 rings (SSSR count). The molecule has 3 aromatic rings. The van der Waals surface area contributed by atoms with Crippen LogP contribution in [0.2, 0.25) is 0 Å². The topological polar surface area (TPSA) is 105 Å². The van der Waals surface area contributed by atoms with Gasteiger partial charge >= 0.3 is 11.6 Å². The first-order valence-corrected chi connectivity index (χ1v) is 8.43. The summed E-state index contributed by atoms with van der Waals surface area (Å²) in [4.78, 5) is 29.7. The van der Waals surface area contributed by atoms with Crippen molar-refractivity contribution in [2.75, 3.05) is 6.61 Å². The van der Waals surface area contributed by atoms with Crippen LogP contribution in [0.4, 0.5) is 0 Å². The van der Waals surface area contributed by atoms with Crippen LogP contribution in [0.25, 0.3) is 11.0 Å². The normalized spacial score (nSPS) is 16.0. The van der Waals surface area contributed by atoms with Gasteiger partial charge < -0.3 is 19.6 Å². The maximum Gasteiger partial charge on any atom is 0.344 e. The van der Waals surface area contributed by atoms with Crippen LogP contribution >= 0.6 is 0 Å². The number of benzene rings is 1. The fourth-order valence-electron chi connectivity index (χ4n) is 3.22. The Balaban J connectivity index is 2.04. The lowest BCUT2D eigenvalue weighted by Gasteiger charge is -2.27. The fraction of sp³-hybridized carbons (Fsp3) is 0.150. The molecule has 0 saturated carbocycles. The number of para-hydroxylation sites is 1. The number of nitrogens with two attached hydrogens (primary N) is 1. The van der Waals surface area contributed by atoms with Crippen molar-refractivity contribution in [3.63, 3.8) is 0 Å². The van der Waals surface area contributed by atoms with Crippen LogP contribution in [0.5, 0.6) is 5.75 Å². The first-order chi connectivity index (χ1) is 13.1. The number of fused-ring (bicyclic) bond motifs is 3. The van der Waals surface area contributed by atoms with Gasteiger partial charge in [0.1, 0.15) is 11.2 Å². The lowest BCUT2D eigenvalue weighted by atomic mass is 9.86. The largest absolute Gasteiger partial charge is 0.462 e. The number of ether oxygens (including phenoxy) is 2. The highest BCUT2D eigenvalue weighted by Gasteiger charge is 2.39. The Labute approximate surface area is 154 Å². The first-order valence-electron chi connectivity index (χ1n) is 8.43. The highest BCUT2D eigenvalue weighted by Crippen LogP contribution is 2.43. The zero-order valence-electron chi connectivity index (χ0n) is 14.5. The molecule has 7 nitrogen and oxygen atoms in total. The van der Waals surface area contributed by atoms with E-state index in [9.17, 15) is 9.59 Å². The molecule has 3 heterocycles. The second kappa shape index (κ2) is 6.60.